The summed E-state index contributed by atoms with van der Waals surface area (Å²) in [6, 6.07) is 7.90. The molecule has 0 fully saturated rings. The number of carboxylic acid groups (broad SMARTS) is 1. The summed E-state index contributed by atoms with van der Waals surface area (Å²) in [4.78, 5) is 34.7. The van der Waals surface area contributed by atoms with Crippen molar-refractivity contribution in [3.63, 3.8) is 0 Å². The lowest BCUT2D eigenvalue weighted by atomic mass is 9.98. The molecule has 0 aliphatic rings. The van der Waals surface area contributed by atoms with Crippen molar-refractivity contribution in [3.05, 3.63) is 35.9 Å². The molecule has 0 aromatic heterocycles. The van der Waals surface area contributed by atoms with Crippen LogP contribution in [0.3, 0.4) is 0 Å². The van der Waals surface area contributed by atoms with E-state index in [2.05, 4.69) is 5.32 Å². The first-order chi connectivity index (χ1) is 10.4. The number of benzene rings is 1. The van der Waals surface area contributed by atoms with Crippen LogP contribution in [-0.4, -0.2) is 35.6 Å². The summed E-state index contributed by atoms with van der Waals surface area (Å²) in [6.07, 6.45) is 0.0349. The van der Waals surface area contributed by atoms with Crippen molar-refractivity contribution in [2.75, 3.05) is 6.61 Å². The van der Waals surface area contributed by atoms with Crippen LogP contribution in [0.25, 0.3) is 0 Å². The molecule has 1 rings (SSSR count). The fourth-order valence-electron chi connectivity index (χ4n) is 2.05. The first-order valence-corrected chi connectivity index (χ1v) is 7.15. The van der Waals surface area contributed by atoms with Crippen molar-refractivity contribution in [2.45, 2.75) is 32.7 Å². The van der Waals surface area contributed by atoms with Gasteiger partial charge in [-0.2, -0.15) is 0 Å². The van der Waals surface area contributed by atoms with Gasteiger partial charge in [0.1, 0.15) is 6.04 Å². The number of carboxylic acids is 1. The zero-order valence-corrected chi connectivity index (χ0v) is 12.7. The standard InChI is InChI=1S/C16H21NO5/c1-3-22-14(19)9-11(2)15(16(20)21)17-13(18)10-12-7-5-4-6-8-12/h4-8,11,15H,3,9-10H2,1-2H3,(H,17,18)(H,20,21)/t11-,15+/m1/s1. The molecule has 1 aromatic carbocycles. The van der Waals surface area contributed by atoms with E-state index in [-0.39, 0.29) is 19.4 Å². The van der Waals surface area contributed by atoms with Gasteiger partial charge in [0.05, 0.1) is 19.4 Å². The van der Waals surface area contributed by atoms with E-state index in [4.69, 9.17) is 4.74 Å². The van der Waals surface area contributed by atoms with Crippen LogP contribution in [0.15, 0.2) is 30.3 Å². The van der Waals surface area contributed by atoms with Crippen molar-refractivity contribution in [3.8, 4) is 0 Å². The number of nitrogens with one attached hydrogen (secondary N) is 1. The van der Waals surface area contributed by atoms with Gasteiger partial charge >= 0.3 is 11.9 Å². The predicted molar refractivity (Wildman–Crippen MR) is 80.1 cm³/mol. The average molecular weight is 307 g/mol. The third-order valence-corrected chi connectivity index (χ3v) is 3.15. The Hall–Kier alpha value is -2.37. The summed E-state index contributed by atoms with van der Waals surface area (Å²) in [5.41, 5.74) is 0.794. The van der Waals surface area contributed by atoms with Crippen molar-refractivity contribution < 1.29 is 24.2 Å². The fourth-order valence-corrected chi connectivity index (χ4v) is 2.05. The highest BCUT2D eigenvalue weighted by molar-refractivity contribution is 5.85. The van der Waals surface area contributed by atoms with Crippen LogP contribution in [0, 0.1) is 5.92 Å². The topological polar surface area (TPSA) is 92.7 Å². The fraction of sp³-hybridized carbons (Fsp3) is 0.438. The van der Waals surface area contributed by atoms with Gasteiger partial charge in [-0.1, -0.05) is 37.3 Å². The second kappa shape index (κ2) is 8.81. The van der Waals surface area contributed by atoms with Gasteiger partial charge in [0.25, 0.3) is 0 Å². The second-order valence-electron chi connectivity index (χ2n) is 5.03. The maximum atomic E-state index is 12.0. The Morgan fingerprint density at radius 1 is 1.23 bits per heavy atom. The molecule has 0 bridgehead atoms. The molecule has 22 heavy (non-hydrogen) atoms. The smallest absolute Gasteiger partial charge is 0.326 e. The lowest BCUT2D eigenvalue weighted by molar-refractivity contribution is -0.147. The van der Waals surface area contributed by atoms with Crippen LogP contribution in [0.4, 0.5) is 0 Å². The minimum absolute atomic E-state index is 0.0591. The third-order valence-electron chi connectivity index (χ3n) is 3.15. The molecule has 0 spiro atoms. The van der Waals surface area contributed by atoms with Crippen molar-refractivity contribution >= 4 is 17.8 Å². The summed E-state index contributed by atoms with van der Waals surface area (Å²) < 4.78 is 4.80. The van der Waals surface area contributed by atoms with Crippen LogP contribution >= 0.6 is 0 Å². The number of hydrogen-bond acceptors (Lipinski definition) is 4. The first-order valence-electron chi connectivity index (χ1n) is 7.15. The minimum atomic E-state index is -1.17. The number of ether oxygens (including phenoxy) is 1. The first kappa shape index (κ1) is 17.7. The highest BCUT2D eigenvalue weighted by atomic mass is 16.5. The molecule has 0 aliphatic carbocycles. The van der Waals surface area contributed by atoms with Gasteiger partial charge in [-0.05, 0) is 18.4 Å². The van der Waals surface area contributed by atoms with E-state index in [0.29, 0.717) is 0 Å². The van der Waals surface area contributed by atoms with Gasteiger partial charge < -0.3 is 15.2 Å². The SMILES string of the molecule is CCOC(=O)C[C@@H](C)[C@H](NC(=O)Cc1ccccc1)C(=O)O. The van der Waals surface area contributed by atoms with Gasteiger partial charge in [0.15, 0.2) is 0 Å². The Balaban J connectivity index is 2.61. The molecule has 120 valence electrons. The minimum Gasteiger partial charge on any atom is -0.480 e. The number of carbonyl (C=O) groups excluding carboxylic acids is 2. The number of amides is 1. The molecule has 0 saturated carbocycles. The van der Waals surface area contributed by atoms with Crippen LogP contribution in [-0.2, 0) is 25.5 Å². The number of carbonyl (C=O) groups is 3. The predicted octanol–water partition coefficient (Wildman–Crippen LogP) is 1.39. The zero-order chi connectivity index (χ0) is 16.5. The van der Waals surface area contributed by atoms with Gasteiger partial charge in [-0.3, -0.25) is 9.59 Å². The van der Waals surface area contributed by atoms with Crippen molar-refractivity contribution in [1.29, 1.82) is 0 Å². The number of esters is 1. The normalized spacial score (nSPS) is 13.0. The van der Waals surface area contributed by atoms with Crippen LogP contribution in [0.1, 0.15) is 25.8 Å². The highest BCUT2D eigenvalue weighted by Crippen LogP contribution is 2.11. The van der Waals surface area contributed by atoms with Gasteiger partial charge in [0, 0.05) is 0 Å². The Bertz CT molecular complexity index is 515. The van der Waals surface area contributed by atoms with Crippen LogP contribution in [0.5, 0.6) is 0 Å². The molecule has 6 heteroatoms. The average Bonchev–Trinajstić information content (AvgIpc) is 2.45. The molecule has 0 saturated heterocycles. The summed E-state index contributed by atoms with van der Waals surface area (Å²) in [7, 11) is 0. The molecule has 2 atom stereocenters. The maximum absolute atomic E-state index is 12.0. The zero-order valence-electron chi connectivity index (χ0n) is 12.7. The van der Waals surface area contributed by atoms with Crippen LogP contribution < -0.4 is 5.32 Å². The summed E-state index contributed by atoms with van der Waals surface area (Å²) in [5, 5.41) is 11.7. The molecule has 1 amide bonds. The van der Waals surface area contributed by atoms with E-state index >= 15 is 0 Å². The highest BCUT2D eigenvalue weighted by Gasteiger charge is 2.28. The molecule has 0 unspecified atom stereocenters. The molecular weight excluding hydrogens is 286 g/mol. The third kappa shape index (κ3) is 5.95. The molecule has 0 heterocycles. The molecule has 1 aromatic rings. The van der Waals surface area contributed by atoms with Crippen molar-refractivity contribution in [1.82, 2.24) is 5.32 Å². The Morgan fingerprint density at radius 3 is 2.41 bits per heavy atom. The Labute approximate surface area is 129 Å². The summed E-state index contributed by atoms with van der Waals surface area (Å²) in [6.45, 7) is 3.51. The van der Waals surface area contributed by atoms with E-state index < -0.39 is 29.8 Å². The second-order valence-corrected chi connectivity index (χ2v) is 5.03. The quantitative estimate of drug-likeness (QED) is 0.708. The summed E-state index contributed by atoms with van der Waals surface area (Å²) >= 11 is 0. The number of aliphatic carboxylic acids is 1. The molecular formula is C16H21NO5. The Kier molecular flexibility index (Phi) is 7.08. The van der Waals surface area contributed by atoms with Crippen molar-refractivity contribution in [2.24, 2.45) is 5.92 Å². The van der Waals surface area contributed by atoms with E-state index in [0.717, 1.165) is 5.56 Å². The largest absolute Gasteiger partial charge is 0.480 e. The molecule has 2 N–H and O–H groups in total. The van der Waals surface area contributed by atoms with E-state index in [1.54, 1.807) is 38.1 Å². The van der Waals surface area contributed by atoms with E-state index in [1.807, 2.05) is 6.07 Å². The summed E-state index contributed by atoms with van der Waals surface area (Å²) in [5.74, 6) is -2.60. The van der Waals surface area contributed by atoms with Crippen LogP contribution in [0.2, 0.25) is 0 Å². The molecule has 0 aliphatic heterocycles. The molecule has 6 nitrogen and oxygen atoms in total. The molecule has 0 radical (unpaired) electrons. The van der Waals surface area contributed by atoms with Gasteiger partial charge in [0.2, 0.25) is 5.91 Å². The number of rotatable bonds is 8. The Morgan fingerprint density at radius 2 is 1.86 bits per heavy atom. The van der Waals surface area contributed by atoms with E-state index in [9.17, 15) is 19.5 Å². The van der Waals surface area contributed by atoms with Gasteiger partial charge in [-0.15, -0.1) is 0 Å². The van der Waals surface area contributed by atoms with E-state index in [1.165, 1.54) is 0 Å². The lowest BCUT2D eigenvalue weighted by Gasteiger charge is -2.20. The monoisotopic (exact) mass is 307 g/mol. The van der Waals surface area contributed by atoms with Gasteiger partial charge in [-0.25, -0.2) is 4.79 Å². The lowest BCUT2D eigenvalue weighted by Crippen LogP contribution is -2.46. The maximum Gasteiger partial charge on any atom is 0.326 e. The number of hydrogen-bond donors (Lipinski definition) is 2.